The Labute approximate surface area is 136 Å². The van der Waals surface area contributed by atoms with Crippen molar-refractivity contribution in [3.05, 3.63) is 56.5 Å². The highest BCUT2D eigenvalue weighted by Gasteiger charge is 2.27. The monoisotopic (exact) mass is 339 g/mol. The molecule has 0 unspecified atom stereocenters. The van der Waals surface area contributed by atoms with E-state index in [1.807, 2.05) is 0 Å². The van der Waals surface area contributed by atoms with Gasteiger partial charge in [-0.1, -0.05) is 17.7 Å². The average Bonchev–Trinajstić information content (AvgIpc) is 2.45. The molecule has 3 N–H and O–H groups in total. The first-order valence-electron chi connectivity index (χ1n) is 6.70. The molecule has 0 spiro atoms. The second-order valence-electron chi connectivity index (χ2n) is 5.56. The molecule has 1 heterocycles. The molecule has 1 aromatic carbocycles. The largest absolute Gasteiger partial charge is 0.501 e. The van der Waals surface area contributed by atoms with Gasteiger partial charge in [-0.15, -0.1) is 0 Å². The molecule has 0 atom stereocenters. The molecule has 0 aliphatic carbocycles. The Balaban J connectivity index is 2.35. The van der Waals surface area contributed by atoms with Crippen LogP contribution in [0, 0.1) is 12.7 Å². The van der Waals surface area contributed by atoms with Crippen molar-refractivity contribution in [1.29, 1.82) is 0 Å². The Morgan fingerprint density at radius 2 is 2.09 bits per heavy atom. The van der Waals surface area contributed by atoms with Gasteiger partial charge in [-0.05, 0) is 38.5 Å². The molecule has 1 amide bonds. The van der Waals surface area contributed by atoms with E-state index in [4.69, 9.17) is 11.6 Å². The van der Waals surface area contributed by atoms with Crippen LogP contribution < -0.4 is 10.9 Å². The number of nitrogens with zero attached hydrogens (tertiary/aromatic N) is 1. The average molecular weight is 340 g/mol. The van der Waals surface area contributed by atoms with Crippen molar-refractivity contribution in [1.82, 2.24) is 15.3 Å². The summed E-state index contributed by atoms with van der Waals surface area (Å²) in [5, 5.41) is 12.3. The summed E-state index contributed by atoms with van der Waals surface area (Å²) >= 11 is 5.75. The smallest absolute Gasteiger partial charge is 0.293 e. The van der Waals surface area contributed by atoms with Gasteiger partial charge >= 0.3 is 0 Å². The minimum absolute atomic E-state index is 0.0715. The summed E-state index contributed by atoms with van der Waals surface area (Å²) < 4.78 is 13.3. The van der Waals surface area contributed by atoms with Crippen molar-refractivity contribution in [2.75, 3.05) is 0 Å². The molecule has 0 aliphatic heterocycles. The lowest BCUT2D eigenvalue weighted by Crippen LogP contribution is -2.41. The third kappa shape index (κ3) is 3.50. The first-order chi connectivity index (χ1) is 10.6. The number of aryl methyl sites for hydroxylation is 1. The van der Waals surface area contributed by atoms with E-state index in [0.29, 0.717) is 5.56 Å². The molecule has 6 nitrogen and oxygen atoms in total. The molecule has 0 bridgehead atoms. The quantitative estimate of drug-likeness (QED) is 0.799. The maximum Gasteiger partial charge on any atom is 0.293 e. The van der Waals surface area contributed by atoms with E-state index in [1.54, 1.807) is 13.8 Å². The molecule has 122 valence electrons. The van der Waals surface area contributed by atoms with Crippen molar-refractivity contribution >= 4 is 17.5 Å². The summed E-state index contributed by atoms with van der Waals surface area (Å²) in [5.41, 5.74) is -1.56. The Hall–Kier alpha value is -2.41. The molecule has 0 saturated carbocycles. The van der Waals surface area contributed by atoms with E-state index < -0.39 is 28.6 Å². The van der Waals surface area contributed by atoms with Crippen molar-refractivity contribution < 1.29 is 14.3 Å². The van der Waals surface area contributed by atoms with Gasteiger partial charge in [0.25, 0.3) is 11.5 Å². The molecule has 0 aliphatic rings. The third-order valence-electron chi connectivity index (χ3n) is 3.30. The van der Waals surface area contributed by atoms with Crippen molar-refractivity contribution in [3.63, 3.8) is 0 Å². The van der Waals surface area contributed by atoms with Gasteiger partial charge in [-0.2, -0.15) is 0 Å². The highest BCUT2D eigenvalue weighted by atomic mass is 35.5. The fourth-order valence-corrected chi connectivity index (χ4v) is 2.22. The zero-order valence-corrected chi connectivity index (χ0v) is 13.5. The van der Waals surface area contributed by atoms with E-state index in [0.717, 1.165) is 0 Å². The van der Waals surface area contributed by atoms with Crippen molar-refractivity contribution in [3.8, 4) is 5.75 Å². The lowest BCUT2D eigenvalue weighted by molar-refractivity contribution is 0.0903. The molecular formula is C15H15ClFN3O3. The summed E-state index contributed by atoms with van der Waals surface area (Å²) in [6.45, 7) is 4.83. The summed E-state index contributed by atoms with van der Waals surface area (Å²) in [5.74, 6) is -1.87. The zero-order chi connectivity index (χ0) is 17.4. The topological polar surface area (TPSA) is 95.1 Å². The molecule has 0 fully saturated rings. The predicted octanol–water partition coefficient (Wildman–Crippen LogP) is 2.24. The highest BCUT2D eigenvalue weighted by molar-refractivity contribution is 6.30. The maximum atomic E-state index is 13.3. The van der Waals surface area contributed by atoms with Crippen LogP contribution in [0.25, 0.3) is 0 Å². The SMILES string of the molecule is Cc1nc(C(=O)NC(C)(C)c2ccc(F)c(Cl)c2)c(O)c(=O)[nH]1. The van der Waals surface area contributed by atoms with Gasteiger partial charge in [0.1, 0.15) is 11.6 Å². The molecule has 2 aromatic rings. The van der Waals surface area contributed by atoms with Crippen LogP contribution in [0.4, 0.5) is 4.39 Å². The van der Waals surface area contributed by atoms with Crippen molar-refractivity contribution in [2.45, 2.75) is 26.3 Å². The van der Waals surface area contributed by atoms with Crippen LogP contribution in [0.2, 0.25) is 5.02 Å². The first kappa shape index (κ1) is 17.0. The fourth-order valence-electron chi connectivity index (χ4n) is 2.04. The Kier molecular flexibility index (Phi) is 4.42. The van der Waals surface area contributed by atoms with Crippen LogP contribution >= 0.6 is 11.6 Å². The Morgan fingerprint density at radius 1 is 1.43 bits per heavy atom. The number of nitrogens with one attached hydrogen (secondary N) is 2. The van der Waals surface area contributed by atoms with Gasteiger partial charge in [0.2, 0.25) is 5.75 Å². The Morgan fingerprint density at radius 3 is 2.70 bits per heavy atom. The first-order valence-corrected chi connectivity index (χ1v) is 7.07. The number of hydrogen-bond donors (Lipinski definition) is 3. The minimum atomic E-state index is -0.931. The van der Waals surface area contributed by atoms with E-state index in [9.17, 15) is 19.1 Å². The predicted molar refractivity (Wildman–Crippen MR) is 83.2 cm³/mol. The van der Waals surface area contributed by atoms with Gasteiger partial charge in [0.15, 0.2) is 5.69 Å². The lowest BCUT2D eigenvalue weighted by Gasteiger charge is -2.27. The number of hydrogen-bond acceptors (Lipinski definition) is 4. The molecule has 23 heavy (non-hydrogen) atoms. The number of carbonyl (C=O) groups is 1. The second-order valence-corrected chi connectivity index (χ2v) is 5.96. The van der Waals surface area contributed by atoms with E-state index >= 15 is 0 Å². The number of aromatic amines is 1. The fraction of sp³-hybridized carbons (Fsp3) is 0.267. The third-order valence-corrected chi connectivity index (χ3v) is 3.59. The zero-order valence-electron chi connectivity index (χ0n) is 12.7. The molecule has 2 rings (SSSR count). The summed E-state index contributed by atoms with van der Waals surface area (Å²) in [7, 11) is 0. The second kappa shape index (κ2) is 6.00. The number of aromatic nitrogens is 2. The van der Waals surface area contributed by atoms with Crippen LogP contribution in [-0.4, -0.2) is 21.0 Å². The van der Waals surface area contributed by atoms with Gasteiger partial charge in [-0.3, -0.25) is 9.59 Å². The minimum Gasteiger partial charge on any atom is -0.501 e. The maximum absolute atomic E-state index is 13.3. The van der Waals surface area contributed by atoms with Crippen LogP contribution in [0.15, 0.2) is 23.0 Å². The van der Waals surface area contributed by atoms with E-state index in [1.165, 1.54) is 25.1 Å². The van der Waals surface area contributed by atoms with Crippen LogP contribution in [0.3, 0.4) is 0 Å². The van der Waals surface area contributed by atoms with Crippen LogP contribution in [-0.2, 0) is 5.54 Å². The lowest BCUT2D eigenvalue weighted by atomic mass is 9.94. The van der Waals surface area contributed by atoms with Gasteiger partial charge in [0.05, 0.1) is 10.6 Å². The molecule has 0 radical (unpaired) electrons. The van der Waals surface area contributed by atoms with Crippen LogP contribution in [0.5, 0.6) is 5.75 Å². The summed E-state index contributed by atoms with van der Waals surface area (Å²) in [6.07, 6.45) is 0. The number of aromatic hydroxyl groups is 1. The highest BCUT2D eigenvalue weighted by Crippen LogP contribution is 2.25. The summed E-state index contributed by atoms with van der Waals surface area (Å²) in [4.78, 5) is 29.9. The molecule has 8 heteroatoms. The normalized spacial score (nSPS) is 11.3. The molecule has 1 aromatic heterocycles. The van der Waals surface area contributed by atoms with E-state index in [2.05, 4.69) is 15.3 Å². The van der Waals surface area contributed by atoms with E-state index in [-0.39, 0.29) is 16.5 Å². The number of amides is 1. The Bertz CT molecular complexity index is 833. The number of benzene rings is 1. The number of rotatable bonds is 3. The number of carbonyl (C=O) groups excluding carboxylic acids is 1. The number of H-pyrrole nitrogens is 1. The summed E-state index contributed by atoms with van der Waals surface area (Å²) in [6, 6.07) is 4.07. The number of halogens is 2. The van der Waals surface area contributed by atoms with Gasteiger partial charge < -0.3 is 15.4 Å². The van der Waals surface area contributed by atoms with Gasteiger partial charge in [0, 0.05) is 0 Å². The molecule has 0 saturated heterocycles. The van der Waals surface area contributed by atoms with Gasteiger partial charge in [-0.25, -0.2) is 9.37 Å². The van der Waals surface area contributed by atoms with Crippen molar-refractivity contribution in [2.24, 2.45) is 0 Å². The standard InChI is InChI=1S/C15H15ClFN3O3/c1-7-18-11(12(21)14(23)19-7)13(22)20-15(2,3)8-4-5-10(17)9(16)6-8/h4-6,21H,1-3H3,(H,20,22)(H,18,19,23). The molecular weight excluding hydrogens is 325 g/mol. The van der Waals surface area contributed by atoms with Crippen LogP contribution in [0.1, 0.15) is 35.7 Å².